The molecule has 1 aromatic carbocycles. The van der Waals surface area contributed by atoms with E-state index in [1.165, 1.54) is 6.08 Å². The third kappa shape index (κ3) is 9.06. The van der Waals surface area contributed by atoms with Gasteiger partial charge >= 0.3 is 12.1 Å². The number of piperidine rings is 1. The van der Waals surface area contributed by atoms with Crippen LogP contribution in [0.15, 0.2) is 29.7 Å². The van der Waals surface area contributed by atoms with Crippen molar-refractivity contribution in [3.8, 4) is 0 Å². The van der Waals surface area contributed by atoms with Gasteiger partial charge in [0.1, 0.15) is 6.54 Å². The molecular formula is C21H29N3O7S. The lowest BCUT2D eigenvalue weighted by Crippen LogP contribution is -2.47. The monoisotopic (exact) mass is 467 g/mol. The minimum atomic E-state index is -3.84. The Hall–Kier alpha value is -2.92. The fraction of sp³-hybridized carbons (Fsp3) is 0.476. The Morgan fingerprint density at radius 3 is 2.41 bits per heavy atom. The third-order valence-corrected chi connectivity index (χ3v) is 5.73. The van der Waals surface area contributed by atoms with E-state index < -0.39 is 35.1 Å². The van der Waals surface area contributed by atoms with Gasteiger partial charge in [-0.15, -0.1) is 0 Å². The van der Waals surface area contributed by atoms with Gasteiger partial charge in [0.05, 0.1) is 6.61 Å². The fourth-order valence-electron chi connectivity index (χ4n) is 2.94. The van der Waals surface area contributed by atoms with Gasteiger partial charge in [-0.1, -0.05) is 29.8 Å². The number of ether oxygens (including phenoxy) is 2. The normalized spacial score (nSPS) is 14.9. The zero-order valence-electron chi connectivity index (χ0n) is 18.2. The summed E-state index contributed by atoms with van der Waals surface area (Å²) in [5.74, 6) is -1.36. The summed E-state index contributed by atoms with van der Waals surface area (Å²) in [6, 6.07) is 7.11. The molecule has 1 heterocycles. The maximum atomic E-state index is 12.0. The first kappa shape index (κ1) is 25.3. The zero-order valence-corrected chi connectivity index (χ0v) is 19.0. The van der Waals surface area contributed by atoms with E-state index in [4.69, 9.17) is 9.47 Å². The van der Waals surface area contributed by atoms with E-state index in [1.807, 2.05) is 19.1 Å². The Morgan fingerprint density at radius 2 is 1.78 bits per heavy atom. The topological polar surface area (TPSA) is 131 Å². The van der Waals surface area contributed by atoms with Crippen LogP contribution >= 0.6 is 0 Å². The molecule has 0 saturated carbocycles. The fourth-order valence-corrected chi connectivity index (χ4v) is 3.69. The quantitative estimate of drug-likeness (QED) is 0.521. The Balaban J connectivity index is 1.66. The van der Waals surface area contributed by atoms with E-state index in [9.17, 15) is 22.8 Å². The Bertz CT molecular complexity index is 921. The van der Waals surface area contributed by atoms with Crippen molar-refractivity contribution in [3.63, 3.8) is 0 Å². The van der Waals surface area contributed by atoms with Crippen LogP contribution in [0.5, 0.6) is 0 Å². The first-order chi connectivity index (χ1) is 15.2. The van der Waals surface area contributed by atoms with Gasteiger partial charge in [0, 0.05) is 24.5 Å². The smallest absolute Gasteiger partial charge is 0.409 e. The highest BCUT2D eigenvalue weighted by molar-refractivity contribution is 7.92. The summed E-state index contributed by atoms with van der Waals surface area (Å²) in [5.41, 5.74) is 1.75. The van der Waals surface area contributed by atoms with Crippen molar-refractivity contribution in [1.82, 2.24) is 14.9 Å². The van der Waals surface area contributed by atoms with Gasteiger partial charge in [-0.05, 0) is 38.3 Å². The molecule has 2 N–H and O–H groups in total. The molecular weight excluding hydrogens is 438 g/mol. The van der Waals surface area contributed by atoms with Gasteiger partial charge in [-0.3, -0.25) is 9.59 Å². The van der Waals surface area contributed by atoms with Gasteiger partial charge in [0.15, 0.2) is 6.61 Å². The zero-order chi connectivity index (χ0) is 23.6. The maximum absolute atomic E-state index is 12.0. The molecule has 2 rings (SSSR count). The Morgan fingerprint density at radius 1 is 1.12 bits per heavy atom. The van der Waals surface area contributed by atoms with Crippen molar-refractivity contribution in [1.29, 1.82) is 0 Å². The summed E-state index contributed by atoms with van der Waals surface area (Å²) in [5, 5.41) is 3.69. The molecule has 0 spiro atoms. The highest BCUT2D eigenvalue weighted by Crippen LogP contribution is 2.11. The van der Waals surface area contributed by atoms with Crippen molar-refractivity contribution in [2.75, 3.05) is 32.8 Å². The van der Waals surface area contributed by atoms with Crippen LogP contribution in [0.3, 0.4) is 0 Å². The van der Waals surface area contributed by atoms with Gasteiger partial charge in [0.25, 0.3) is 5.91 Å². The predicted octanol–water partition coefficient (Wildman–Crippen LogP) is 1.17. The lowest BCUT2D eigenvalue weighted by Gasteiger charge is -2.31. The summed E-state index contributed by atoms with van der Waals surface area (Å²) in [6.07, 6.45) is 2.16. The molecule has 0 aromatic heterocycles. The number of aryl methyl sites for hydroxylation is 1. The lowest BCUT2D eigenvalue weighted by molar-refractivity contribution is -0.147. The van der Waals surface area contributed by atoms with Crippen molar-refractivity contribution >= 4 is 34.1 Å². The summed E-state index contributed by atoms with van der Waals surface area (Å²) >= 11 is 0. The summed E-state index contributed by atoms with van der Waals surface area (Å²) in [4.78, 5) is 37.0. The van der Waals surface area contributed by atoms with Crippen LogP contribution in [0.25, 0.3) is 6.08 Å². The molecule has 0 unspecified atom stereocenters. The molecule has 2 amide bonds. The van der Waals surface area contributed by atoms with Crippen LogP contribution in [0.4, 0.5) is 4.79 Å². The Kier molecular flexibility index (Phi) is 9.66. The molecule has 1 aliphatic heterocycles. The van der Waals surface area contributed by atoms with E-state index in [1.54, 1.807) is 24.0 Å². The summed E-state index contributed by atoms with van der Waals surface area (Å²) < 4.78 is 35.8. The molecule has 0 aliphatic carbocycles. The van der Waals surface area contributed by atoms with Crippen LogP contribution in [0, 0.1) is 6.92 Å². The summed E-state index contributed by atoms with van der Waals surface area (Å²) in [6.45, 7) is 3.78. The van der Waals surface area contributed by atoms with Gasteiger partial charge in [-0.25, -0.2) is 17.9 Å². The van der Waals surface area contributed by atoms with Crippen LogP contribution < -0.4 is 10.0 Å². The molecule has 11 heteroatoms. The second kappa shape index (κ2) is 12.2. The molecule has 1 aliphatic rings. The second-order valence-electron chi connectivity index (χ2n) is 7.27. The number of likely N-dealkylation sites (tertiary alicyclic amines) is 1. The highest BCUT2D eigenvalue weighted by Gasteiger charge is 2.24. The highest BCUT2D eigenvalue weighted by atomic mass is 32.2. The van der Waals surface area contributed by atoms with Crippen molar-refractivity contribution < 1.29 is 32.3 Å². The number of hydrogen-bond donors (Lipinski definition) is 2. The molecule has 1 saturated heterocycles. The van der Waals surface area contributed by atoms with Crippen molar-refractivity contribution in [3.05, 3.63) is 40.8 Å². The van der Waals surface area contributed by atoms with Gasteiger partial charge < -0.3 is 19.7 Å². The molecule has 0 atom stereocenters. The largest absolute Gasteiger partial charge is 0.455 e. The number of esters is 1. The third-order valence-electron chi connectivity index (χ3n) is 4.69. The van der Waals surface area contributed by atoms with Crippen LogP contribution in [-0.2, 0) is 29.1 Å². The number of rotatable bonds is 9. The average molecular weight is 468 g/mol. The van der Waals surface area contributed by atoms with E-state index in [-0.39, 0.29) is 12.1 Å². The molecule has 10 nitrogen and oxygen atoms in total. The van der Waals surface area contributed by atoms with E-state index in [2.05, 4.69) is 10.0 Å². The first-order valence-electron chi connectivity index (χ1n) is 10.3. The van der Waals surface area contributed by atoms with Crippen molar-refractivity contribution in [2.45, 2.75) is 32.7 Å². The molecule has 32 heavy (non-hydrogen) atoms. The van der Waals surface area contributed by atoms with Crippen LogP contribution in [-0.4, -0.2) is 70.2 Å². The minimum Gasteiger partial charge on any atom is -0.455 e. The predicted molar refractivity (Wildman–Crippen MR) is 118 cm³/mol. The second-order valence-corrected chi connectivity index (χ2v) is 8.92. The molecule has 1 aromatic rings. The van der Waals surface area contributed by atoms with Gasteiger partial charge in [0.2, 0.25) is 10.0 Å². The lowest BCUT2D eigenvalue weighted by atomic mass is 10.1. The van der Waals surface area contributed by atoms with E-state index in [0.717, 1.165) is 11.0 Å². The van der Waals surface area contributed by atoms with Crippen LogP contribution in [0.1, 0.15) is 30.9 Å². The number of nitrogens with one attached hydrogen (secondary N) is 2. The molecule has 0 radical (unpaired) electrons. The standard InChI is InChI=1S/C21H29N3O7S/c1-3-30-21(27)24-11-8-18(9-12-24)23-19(25)15-31-20(26)14-22-32(28,29)13-10-17-6-4-16(2)5-7-17/h4-7,10,13,18,22H,3,8-9,11-12,14-15H2,1-2H3,(H,23,25). The molecule has 176 valence electrons. The number of nitrogens with zero attached hydrogens (tertiary/aromatic N) is 1. The number of carbonyl (C=O) groups is 3. The average Bonchev–Trinajstić information content (AvgIpc) is 2.77. The van der Waals surface area contributed by atoms with Crippen molar-refractivity contribution in [2.24, 2.45) is 0 Å². The number of amides is 2. The number of carbonyl (C=O) groups excluding carboxylic acids is 3. The number of hydrogen-bond acceptors (Lipinski definition) is 7. The molecule has 0 bridgehead atoms. The number of benzene rings is 1. The SMILES string of the molecule is CCOC(=O)N1CCC(NC(=O)COC(=O)CNS(=O)(=O)C=Cc2ccc(C)cc2)CC1. The Labute approximate surface area is 188 Å². The van der Waals surface area contributed by atoms with Gasteiger partial charge in [-0.2, -0.15) is 0 Å². The van der Waals surface area contributed by atoms with E-state index in [0.29, 0.717) is 38.1 Å². The molecule has 1 fully saturated rings. The maximum Gasteiger partial charge on any atom is 0.409 e. The number of sulfonamides is 1. The van der Waals surface area contributed by atoms with Crippen LogP contribution in [0.2, 0.25) is 0 Å². The minimum absolute atomic E-state index is 0.141. The summed E-state index contributed by atoms with van der Waals surface area (Å²) in [7, 11) is -3.84. The van der Waals surface area contributed by atoms with E-state index >= 15 is 0 Å². The first-order valence-corrected chi connectivity index (χ1v) is 11.8.